The lowest BCUT2D eigenvalue weighted by atomic mass is 9.64. The van der Waals surface area contributed by atoms with Crippen LogP contribution in [0.15, 0.2) is 30.3 Å². The van der Waals surface area contributed by atoms with Crippen LogP contribution in [0.1, 0.15) is 55.8 Å². The third-order valence-electron chi connectivity index (χ3n) is 6.70. The number of benzene rings is 1. The van der Waals surface area contributed by atoms with Crippen LogP contribution in [0.3, 0.4) is 0 Å². The summed E-state index contributed by atoms with van der Waals surface area (Å²) in [6, 6.07) is 9.44. The molecule has 116 valence electrons. The van der Waals surface area contributed by atoms with Gasteiger partial charge in [-0.25, -0.2) is 0 Å². The van der Waals surface area contributed by atoms with Crippen molar-refractivity contribution in [1.29, 1.82) is 0 Å². The molecule has 3 heteroatoms. The van der Waals surface area contributed by atoms with E-state index >= 15 is 0 Å². The van der Waals surface area contributed by atoms with Gasteiger partial charge in [0.1, 0.15) is 5.78 Å². The smallest absolute Gasteiger partial charge is 0.251 e. The first-order chi connectivity index (χ1) is 10.6. The molecule has 0 aromatic heterocycles. The number of amides is 1. The first-order valence-electron chi connectivity index (χ1n) is 8.47. The minimum absolute atomic E-state index is 0.0208. The highest BCUT2D eigenvalue weighted by Gasteiger charge is 2.69. The van der Waals surface area contributed by atoms with Gasteiger partial charge in [0.05, 0.1) is 0 Å². The molecule has 1 amide bonds. The van der Waals surface area contributed by atoms with Gasteiger partial charge in [-0.3, -0.25) is 9.59 Å². The van der Waals surface area contributed by atoms with E-state index < -0.39 is 0 Å². The van der Waals surface area contributed by atoms with Crippen molar-refractivity contribution in [2.45, 2.75) is 51.0 Å². The van der Waals surface area contributed by atoms with Crippen LogP contribution in [0.5, 0.6) is 0 Å². The van der Waals surface area contributed by atoms with Crippen LogP contribution in [0.4, 0.5) is 0 Å². The number of carbonyl (C=O) groups is 2. The minimum Gasteiger partial charge on any atom is -0.346 e. The van der Waals surface area contributed by atoms with Crippen LogP contribution in [0, 0.1) is 17.3 Å². The summed E-state index contributed by atoms with van der Waals surface area (Å²) in [6.07, 6.45) is 6.37. The first-order valence-corrected chi connectivity index (χ1v) is 8.47. The van der Waals surface area contributed by atoms with Gasteiger partial charge in [-0.15, -0.1) is 0 Å². The second-order valence-corrected chi connectivity index (χ2v) is 7.46. The van der Waals surface area contributed by atoms with Crippen LogP contribution in [-0.2, 0) is 4.79 Å². The van der Waals surface area contributed by atoms with Gasteiger partial charge in [-0.05, 0) is 63.0 Å². The molecule has 1 aromatic rings. The lowest BCUT2D eigenvalue weighted by Gasteiger charge is -2.43. The molecule has 22 heavy (non-hydrogen) atoms. The molecule has 3 fully saturated rings. The average Bonchev–Trinajstić information content (AvgIpc) is 3.18. The quantitative estimate of drug-likeness (QED) is 0.930. The minimum atomic E-state index is -0.139. The summed E-state index contributed by atoms with van der Waals surface area (Å²) in [5.74, 6) is 1.21. The van der Waals surface area contributed by atoms with Crippen LogP contribution < -0.4 is 5.32 Å². The molecular weight excluding hydrogens is 274 g/mol. The molecule has 0 aliphatic heterocycles. The zero-order valence-corrected chi connectivity index (χ0v) is 13.1. The Morgan fingerprint density at radius 2 is 1.91 bits per heavy atom. The Morgan fingerprint density at radius 3 is 2.64 bits per heavy atom. The molecule has 3 aliphatic rings. The second-order valence-electron chi connectivity index (χ2n) is 7.46. The van der Waals surface area contributed by atoms with E-state index in [0.29, 0.717) is 17.6 Å². The van der Waals surface area contributed by atoms with Crippen molar-refractivity contribution in [2.75, 3.05) is 0 Å². The molecule has 4 unspecified atom stereocenters. The van der Waals surface area contributed by atoms with Crippen LogP contribution in [-0.4, -0.2) is 17.2 Å². The van der Waals surface area contributed by atoms with Crippen molar-refractivity contribution in [3.05, 3.63) is 35.9 Å². The van der Waals surface area contributed by atoms with Crippen molar-refractivity contribution < 1.29 is 9.59 Å². The molecule has 1 aromatic carbocycles. The van der Waals surface area contributed by atoms with Crippen LogP contribution in [0.25, 0.3) is 0 Å². The fourth-order valence-electron chi connectivity index (χ4n) is 5.92. The summed E-state index contributed by atoms with van der Waals surface area (Å²) in [5, 5.41) is 3.36. The van der Waals surface area contributed by atoms with Crippen LogP contribution in [0.2, 0.25) is 0 Å². The monoisotopic (exact) mass is 297 g/mol. The molecule has 3 saturated carbocycles. The van der Waals surface area contributed by atoms with Gasteiger partial charge in [0.15, 0.2) is 0 Å². The number of hydrogen-bond donors (Lipinski definition) is 1. The van der Waals surface area contributed by atoms with E-state index in [9.17, 15) is 9.59 Å². The maximum Gasteiger partial charge on any atom is 0.251 e. The van der Waals surface area contributed by atoms with Crippen molar-refractivity contribution >= 4 is 11.7 Å². The predicted octanol–water partition coefficient (Wildman–Crippen LogP) is 3.34. The summed E-state index contributed by atoms with van der Waals surface area (Å²) in [5.41, 5.74) is 0.445. The van der Waals surface area contributed by atoms with Gasteiger partial charge < -0.3 is 5.32 Å². The molecule has 0 saturated heterocycles. The Kier molecular flexibility index (Phi) is 2.97. The van der Waals surface area contributed by atoms with Gasteiger partial charge in [-0.2, -0.15) is 0 Å². The van der Waals surface area contributed by atoms with E-state index in [2.05, 4.69) is 5.32 Å². The maximum absolute atomic E-state index is 12.6. The van der Waals surface area contributed by atoms with E-state index in [1.54, 1.807) is 6.92 Å². The molecule has 4 atom stereocenters. The Morgan fingerprint density at radius 1 is 1.14 bits per heavy atom. The highest BCUT2D eigenvalue weighted by Crippen LogP contribution is 2.68. The number of carbonyl (C=O) groups excluding carboxylic acids is 2. The van der Waals surface area contributed by atoms with E-state index in [-0.39, 0.29) is 16.9 Å². The Labute approximate surface area is 131 Å². The highest BCUT2D eigenvalue weighted by atomic mass is 16.2. The standard InChI is InChI=1S/C19H23NO2/c1-13(21)19-10-5-8-16(19)18(11-9-15(19)12-18)20-17(22)14-6-3-2-4-7-14/h2-4,6-7,15-16H,5,8-12H2,1H3,(H,20,22). The lowest BCUT2D eigenvalue weighted by molar-refractivity contribution is -0.132. The number of ketones is 1. The van der Waals surface area contributed by atoms with Crippen LogP contribution >= 0.6 is 0 Å². The second kappa shape index (κ2) is 4.68. The van der Waals surface area contributed by atoms with Gasteiger partial charge in [0.2, 0.25) is 0 Å². The molecule has 1 N–H and O–H groups in total. The molecule has 4 rings (SSSR count). The third kappa shape index (κ3) is 1.68. The van der Waals surface area contributed by atoms with E-state index in [1.807, 2.05) is 30.3 Å². The molecule has 0 radical (unpaired) electrons. The fraction of sp³-hybridized carbons (Fsp3) is 0.579. The summed E-state index contributed by atoms with van der Waals surface area (Å²) >= 11 is 0. The van der Waals surface area contributed by atoms with E-state index in [4.69, 9.17) is 0 Å². The topological polar surface area (TPSA) is 46.2 Å². The van der Waals surface area contributed by atoms with Crippen molar-refractivity contribution in [2.24, 2.45) is 17.3 Å². The number of fused-ring (bicyclic) bond motifs is 5. The van der Waals surface area contributed by atoms with E-state index in [1.165, 1.54) is 0 Å². The summed E-state index contributed by atoms with van der Waals surface area (Å²) in [7, 11) is 0. The number of nitrogens with one attached hydrogen (secondary N) is 1. The summed E-state index contributed by atoms with van der Waals surface area (Å²) in [6.45, 7) is 1.77. The van der Waals surface area contributed by atoms with Crippen molar-refractivity contribution in [3.8, 4) is 0 Å². The summed E-state index contributed by atoms with van der Waals surface area (Å²) < 4.78 is 0. The lowest BCUT2D eigenvalue weighted by Crippen LogP contribution is -2.54. The average molecular weight is 297 g/mol. The van der Waals surface area contributed by atoms with Gasteiger partial charge >= 0.3 is 0 Å². The van der Waals surface area contributed by atoms with Gasteiger partial charge in [-0.1, -0.05) is 24.6 Å². The van der Waals surface area contributed by atoms with E-state index in [0.717, 1.165) is 44.1 Å². The molecule has 0 heterocycles. The summed E-state index contributed by atoms with van der Waals surface area (Å²) in [4.78, 5) is 25.1. The SMILES string of the molecule is CC(=O)C12CCCC1C1(NC(=O)c3ccccc3)CCC2C1. The number of rotatable bonds is 3. The Hall–Kier alpha value is -1.64. The molecule has 3 aliphatic carbocycles. The highest BCUT2D eigenvalue weighted by molar-refractivity contribution is 5.95. The Bertz CT molecular complexity index is 626. The molecule has 3 nitrogen and oxygen atoms in total. The van der Waals surface area contributed by atoms with Crippen molar-refractivity contribution in [3.63, 3.8) is 0 Å². The largest absolute Gasteiger partial charge is 0.346 e. The van der Waals surface area contributed by atoms with Gasteiger partial charge in [0, 0.05) is 16.5 Å². The number of hydrogen-bond acceptors (Lipinski definition) is 2. The first kappa shape index (κ1) is 14.0. The van der Waals surface area contributed by atoms with Crippen molar-refractivity contribution in [1.82, 2.24) is 5.32 Å². The Balaban J connectivity index is 1.65. The normalized spacial score (nSPS) is 38.8. The maximum atomic E-state index is 12.6. The molecule has 0 spiro atoms. The zero-order chi connectivity index (χ0) is 15.4. The molecule has 2 bridgehead atoms. The third-order valence-corrected chi connectivity index (χ3v) is 6.70. The fourth-order valence-corrected chi connectivity index (χ4v) is 5.92. The zero-order valence-electron chi connectivity index (χ0n) is 13.1. The number of Topliss-reactive ketones (excluding diaryl/α,β-unsaturated/α-hetero) is 1. The predicted molar refractivity (Wildman–Crippen MR) is 84.4 cm³/mol. The van der Waals surface area contributed by atoms with Gasteiger partial charge in [0.25, 0.3) is 5.91 Å². The molecular formula is C19H23NO2.